The van der Waals surface area contributed by atoms with E-state index >= 15 is 0 Å². The van der Waals surface area contributed by atoms with E-state index in [0.29, 0.717) is 0 Å². The van der Waals surface area contributed by atoms with E-state index in [1.165, 1.54) is 50.5 Å². The summed E-state index contributed by atoms with van der Waals surface area (Å²) in [6, 6.07) is 9.21. The van der Waals surface area contributed by atoms with Crippen molar-refractivity contribution >= 4 is 0 Å². The van der Waals surface area contributed by atoms with E-state index in [0.717, 1.165) is 5.92 Å². The summed E-state index contributed by atoms with van der Waals surface area (Å²) in [7, 11) is 0. The molecule has 15 heavy (non-hydrogen) atoms. The molecule has 0 spiro atoms. The molecule has 82 valence electrons. The molecular formula is C15H22. The van der Waals surface area contributed by atoms with Gasteiger partial charge in [0, 0.05) is 0 Å². The van der Waals surface area contributed by atoms with Crippen LogP contribution in [0.3, 0.4) is 0 Å². The van der Waals surface area contributed by atoms with Crippen LogP contribution >= 0.6 is 0 Å². The second-order valence-corrected chi connectivity index (χ2v) is 4.91. The number of benzene rings is 1. The Kier molecular flexibility index (Phi) is 3.82. The van der Waals surface area contributed by atoms with Crippen LogP contribution < -0.4 is 0 Å². The van der Waals surface area contributed by atoms with Crippen LogP contribution in [0.1, 0.15) is 50.2 Å². The fraction of sp³-hybridized carbons (Fsp3) is 0.600. The van der Waals surface area contributed by atoms with Crippen LogP contribution in [0.15, 0.2) is 24.3 Å². The highest BCUT2D eigenvalue weighted by Gasteiger charge is 2.20. The summed E-state index contributed by atoms with van der Waals surface area (Å²) < 4.78 is 0. The van der Waals surface area contributed by atoms with Crippen LogP contribution in [0.2, 0.25) is 0 Å². The van der Waals surface area contributed by atoms with Crippen LogP contribution in [0.25, 0.3) is 0 Å². The van der Waals surface area contributed by atoms with Crippen LogP contribution in [0.4, 0.5) is 0 Å². The number of hydrogen-bond acceptors (Lipinski definition) is 0. The molecule has 1 aliphatic carbocycles. The van der Waals surface area contributed by atoms with Gasteiger partial charge in [-0.2, -0.15) is 0 Å². The fourth-order valence-electron chi connectivity index (χ4n) is 2.10. The summed E-state index contributed by atoms with van der Waals surface area (Å²) in [5.41, 5.74) is 3.08. The number of aryl methyl sites for hydroxylation is 2. The largest absolute Gasteiger partial charge is 0.0654 e. The molecular weight excluding hydrogens is 180 g/mol. The van der Waals surface area contributed by atoms with E-state index in [1.54, 1.807) is 5.56 Å². The third-order valence-electron chi connectivity index (χ3n) is 3.35. The Labute approximate surface area is 93.7 Å². The molecule has 0 aromatic heterocycles. The first-order chi connectivity index (χ1) is 7.38. The topological polar surface area (TPSA) is 0 Å². The minimum Gasteiger partial charge on any atom is -0.0654 e. The van der Waals surface area contributed by atoms with Crippen molar-refractivity contribution in [2.45, 2.75) is 51.9 Å². The van der Waals surface area contributed by atoms with Gasteiger partial charge in [0.15, 0.2) is 0 Å². The Balaban J connectivity index is 1.85. The summed E-state index contributed by atoms with van der Waals surface area (Å²) in [5.74, 6) is 1.06. The molecule has 1 fully saturated rings. The van der Waals surface area contributed by atoms with Crippen molar-refractivity contribution in [2.75, 3.05) is 0 Å². The zero-order valence-electron chi connectivity index (χ0n) is 9.84. The Morgan fingerprint density at radius 3 is 2.53 bits per heavy atom. The molecule has 0 heteroatoms. The van der Waals surface area contributed by atoms with Crippen molar-refractivity contribution in [3.8, 4) is 0 Å². The average Bonchev–Trinajstić information content (AvgIpc) is 3.08. The molecule has 2 rings (SSSR count). The molecule has 0 nitrogen and oxygen atoms in total. The molecule has 0 atom stereocenters. The lowest BCUT2D eigenvalue weighted by Gasteiger charge is -2.04. The quantitative estimate of drug-likeness (QED) is 0.642. The standard InChI is InChI=1S/C15H22/c1-2-3-5-14-6-4-7-15(12-14)11-10-13-8-9-13/h4,6-7,12-13H,2-3,5,8-11H2,1H3. The number of unbranched alkanes of at least 4 members (excludes halogenated alkanes) is 1. The van der Waals surface area contributed by atoms with Gasteiger partial charge >= 0.3 is 0 Å². The molecule has 0 amide bonds. The molecule has 0 radical (unpaired) electrons. The first-order valence-electron chi connectivity index (χ1n) is 6.46. The zero-order valence-corrected chi connectivity index (χ0v) is 9.84. The van der Waals surface area contributed by atoms with Crippen LogP contribution in [0, 0.1) is 5.92 Å². The lowest BCUT2D eigenvalue weighted by Crippen LogP contribution is -1.90. The van der Waals surface area contributed by atoms with Gasteiger partial charge in [0.2, 0.25) is 0 Å². The summed E-state index contributed by atoms with van der Waals surface area (Å²) in [5, 5.41) is 0. The molecule has 0 bridgehead atoms. The SMILES string of the molecule is CCCCc1cccc(CCC2CC2)c1. The molecule has 1 aromatic rings. The predicted octanol–water partition coefficient (Wildman–Crippen LogP) is 4.37. The highest BCUT2D eigenvalue weighted by molar-refractivity contribution is 5.23. The molecule has 0 saturated heterocycles. The van der Waals surface area contributed by atoms with E-state index in [-0.39, 0.29) is 0 Å². The van der Waals surface area contributed by atoms with Gasteiger partial charge in [0.05, 0.1) is 0 Å². The first-order valence-corrected chi connectivity index (χ1v) is 6.46. The Morgan fingerprint density at radius 1 is 1.13 bits per heavy atom. The lowest BCUT2D eigenvalue weighted by atomic mass is 10.0. The maximum Gasteiger partial charge on any atom is -0.0276 e. The van der Waals surface area contributed by atoms with Gasteiger partial charge < -0.3 is 0 Å². The van der Waals surface area contributed by atoms with Crippen molar-refractivity contribution in [3.63, 3.8) is 0 Å². The zero-order chi connectivity index (χ0) is 10.5. The fourth-order valence-corrected chi connectivity index (χ4v) is 2.10. The van der Waals surface area contributed by atoms with E-state index in [1.807, 2.05) is 0 Å². The van der Waals surface area contributed by atoms with Crippen molar-refractivity contribution in [3.05, 3.63) is 35.4 Å². The molecule has 0 N–H and O–H groups in total. The first kappa shape index (κ1) is 10.7. The minimum atomic E-state index is 1.06. The van der Waals surface area contributed by atoms with Crippen molar-refractivity contribution in [1.82, 2.24) is 0 Å². The van der Waals surface area contributed by atoms with Crippen molar-refractivity contribution in [2.24, 2.45) is 5.92 Å². The number of rotatable bonds is 6. The van der Waals surface area contributed by atoms with E-state index in [4.69, 9.17) is 0 Å². The van der Waals surface area contributed by atoms with Gasteiger partial charge in [-0.25, -0.2) is 0 Å². The van der Waals surface area contributed by atoms with Crippen LogP contribution in [0.5, 0.6) is 0 Å². The Bertz CT molecular complexity index is 297. The number of hydrogen-bond donors (Lipinski definition) is 0. The minimum absolute atomic E-state index is 1.06. The third kappa shape index (κ3) is 3.70. The predicted molar refractivity (Wildman–Crippen MR) is 66.1 cm³/mol. The maximum absolute atomic E-state index is 2.41. The molecule has 0 unspecified atom stereocenters. The molecule has 1 saturated carbocycles. The normalized spacial score (nSPS) is 15.5. The Hall–Kier alpha value is -0.780. The highest BCUT2D eigenvalue weighted by Crippen LogP contribution is 2.33. The van der Waals surface area contributed by atoms with Gasteiger partial charge in [-0.15, -0.1) is 0 Å². The van der Waals surface area contributed by atoms with Crippen LogP contribution in [-0.4, -0.2) is 0 Å². The second-order valence-electron chi connectivity index (χ2n) is 4.91. The smallest absolute Gasteiger partial charge is 0.0276 e. The van der Waals surface area contributed by atoms with Crippen molar-refractivity contribution in [1.29, 1.82) is 0 Å². The van der Waals surface area contributed by atoms with Gasteiger partial charge in [-0.3, -0.25) is 0 Å². The summed E-state index contributed by atoms with van der Waals surface area (Å²) in [6.45, 7) is 2.26. The van der Waals surface area contributed by atoms with Gasteiger partial charge in [0.1, 0.15) is 0 Å². The summed E-state index contributed by atoms with van der Waals surface area (Å²) in [6.07, 6.45) is 9.55. The maximum atomic E-state index is 2.41. The van der Waals surface area contributed by atoms with E-state index in [9.17, 15) is 0 Å². The Morgan fingerprint density at radius 2 is 1.87 bits per heavy atom. The molecule has 0 aliphatic heterocycles. The monoisotopic (exact) mass is 202 g/mol. The molecule has 1 aromatic carbocycles. The van der Waals surface area contributed by atoms with Gasteiger partial charge in [0.25, 0.3) is 0 Å². The molecule has 0 heterocycles. The lowest BCUT2D eigenvalue weighted by molar-refractivity contribution is 0.724. The van der Waals surface area contributed by atoms with Crippen molar-refractivity contribution < 1.29 is 0 Å². The third-order valence-corrected chi connectivity index (χ3v) is 3.35. The highest BCUT2D eigenvalue weighted by atomic mass is 14.3. The second kappa shape index (κ2) is 5.34. The van der Waals surface area contributed by atoms with E-state index < -0.39 is 0 Å². The van der Waals surface area contributed by atoms with Gasteiger partial charge in [-0.1, -0.05) is 50.5 Å². The van der Waals surface area contributed by atoms with E-state index in [2.05, 4.69) is 31.2 Å². The summed E-state index contributed by atoms with van der Waals surface area (Å²) in [4.78, 5) is 0. The summed E-state index contributed by atoms with van der Waals surface area (Å²) >= 11 is 0. The molecule has 1 aliphatic rings. The van der Waals surface area contributed by atoms with Crippen LogP contribution in [-0.2, 0) is 12.8 Å². The average molecular weight is 202 g/mol. The van der Waals surface area contributed by atoms with Gasteiger partial charge in [-0.05, 0) is 42.7 Å².